The molecular formula is C22H27N7O. The lowest BCUT2D eigenvalue weighted by Gasteiger charge is -2.17. The minimum Gasteiger partial charge on any atom is -0.370 e. The van der Waals surface area contributed by atoms with E-state index in [-0.39, 0.29) is 5.91 Å². The van der Waals surface area contributed by atoms with E-state index in [1.807, 2.05) is 42.0 Å². The van der Waals surface area contributed by atoms with Gasteiger partial charge in [0.25, 0.3) is 5.91 Å². The van der Waals surface area contributed by atoms with Crippen LogP contribution < -0.4 is 10.6 Å². The summed E-state index contributed by atoms with van der Waals surface area (Å²) in [7, 11) is 1.83. The zero-order valence-corrected chi connectivity index (χ0v) is 17.6. The van der Waals surface area contributed by atoms with Gasteiger partial charge in [0.2, 0.25) is 0 Å². The van der Waals surface area contributed by atoms with Crippen LogP contribution >= 0.6 is 0 Å². The number of hydrogen-bond donors (Lipinski definition) is 3. The molecule has 3 N–H and O–H groups in total. The summed E-state index contributed by atoms with van der Waals surface area (Å²) in [4.78, 5) is 26.9. The van der Waals surface area contributed by atoms with Gasteiger partial charge in [-0.15, -0.1) is 0 Å². The van der Waals surface area contributed by atoms with Crippen molar-refractivity contribution < 1.29 is 4.79 Å². The van der Waals surface area contributed by atoms with Crippen molar-refractivity contribution in [3.63, 3.8) is 0 Å². The number of carbonyl (C=O) groups is 1. The highest BCUT2D eigenvalue weighted by molar-refractivity contribution is 5.98. The number of likely N-dealkylation sites (N-methyl/N-ethyl adjacent to an activating group) is 1. The summed E-state index contributed by atoms with van der Waals surface area (Å²) in [6, 6.07) is 8.00. The number of amides is 1. The van der Waals surface area contributed by atoms with Gasteiger partial charge in [0.15, 0.2) is 11.5 Å². The number of aromatic amines is 1. The fourth-order valence-electron chi connectivity index (χ4n) is 3.69. The second-order valence-corrected chi connectivity index (χ2v) is 7.13. The van der Waals surface area contributed by atoms with Crippen molar-refractivity contribution in [2.45, 2.75) is 13.8 Å². The minimum atomic E-state index is -0.0838. The Hall–Kier alpha value is -3.39. The van der Waals surface area contributed by atoms with Gasteiger partial charge >= 0.3 is 0 Å². The quantitative estimate of drug-likeness (QED) is 0.419. The highest BCUT2D eigenvalue weighted by Gasteiger charge is 2.13. The predicted octanol–water partition coefficient (Wildman–Crippen LogP) is 2.99. The molecule has 4 rings (SSSR count). The van der Waals surface area contributed by atoms with Gasteiger partial charge in [0, 0.05) is 49.0 Å². The predicted molar refractivity (Wildman–Crippen MR) is 120 cm³/mol. The van der Waals surface area contributed by atoms with E-state index in [1.165, 1.54) is 0 Å². The highest BCUT2D eigenvalue weighted by atomic mass is 16.1. The van der Waals surface area contributed by atoms with Crippen molar-refractivity contribution >= 4 is 28.3 Å². The number of rotatable bonds is 8. The molecule has 3 heterocycles. The van der Waals surface area contributed by atoms with E-state index in [4.69, 9.17) is 0 Å². The summed E-state index contributed by atoms with van der Waals surface area (Å²) in [6.07, 6.45) is 5.49. The molecule has 0 saturated carbocycles. The lowest BCUT2D eigenvalue weighted by atomic mass is 10.1. The lowest BCUT2D eigenvalue weighted by Crippen LogP contribution is -2.34. The molecule has 4 aromatic rings. The van der Waals surface area contributed by atoms with Crippen molar-refractivity contribution in [1.29, 1.82) is 0 Å². The molecule has 3 aromatic heterocycles. The molecule has 156 valence electrons. The summed E-state index contributed by atoms with van der Waals surface area (Å²) in [5, 5.41) is 7.05. The molecule has 0 radical (unpaired) electrons. The number of hydrogen-bond acceptors (Lipinski definition) is 5. The molecule has 1 amide bonds. The second kappa shape index (κ2) is 8.54. The monoisotopic (exact) mass is 405 g/mol. The maximum Gasteiger partial charge on any atom is 0.267 e. The van der Waals surface area contributed by atoms with Crippen LogP contribution in [0.2, 0.25) is 0 Å². The molecule has 0 unspecified atom stereocenters. The first-order valence-electron chi connectivity index (χ1n) is 10.3. The van der Waals surface area contributed by atoms with Crippen molar-refractivity contribution in [2.24, 2.45) is 0 Å². The highest BCUT2D eigenvalue weighted by Crippen LogP contribution is 2.27. The fraction of sp³-hybridized carbons (Fsp3) is 0.318. The Bertz CT molecular complexity index is 1170. The average Bonchev–Trinajstić information content (AvgIpc) is 3.40. The van der Waals surface area contributed by atoms with Gasteiger partial charge in [-0.25, -0.2) is 9.97 Å². The van der Waals surface area contributed by atoms with Crippen LogP contribution in [0.1, 0.15) is 24.3 Å². The Balaban J connectivity index is 1.57. The smallest absolute Gasteiger partial charge is 0.267 e. The van der Waals surface area contributed by atoms with Crippen LogP contribution in [0.25, 0.3) is 27.8 Å². The van der Waals surface area contributed by atoms with E-state index in [1.54, 1.807) is 6.20 Å². The Kier molecular flexibility index (Phi) is 5.67. The molecule has 0 atom stereocenters. The van der Waals surface area contributed by atoms with Gasteiger partial charge in [-0.2, -0.15) is 0 Å². The number of anilines is 1. The third-order valence-electron chi connectivity index (χ3n) is 5.43. The van der Waals surface area contributed by atoms with Crippen LogP contribution in [-0.2, 0) is 0 Å². The van der Waals surface area contributed by atoms with Gasteiger partial charge in [-0.05, 0) is 31.3 Å². The average molecular weight is 406 g/mol. The SMILES string of the molecule is CCN(CC)CCNC(=O)c1cc2cc(-c3cnc4c(NC)nccn34)ccc2[nH]1. The van der Waals surface area contributed by atoms with E-state index >= 15 is 0 Å². The van der Waals surface area contributed by atoms with E-state index in [0.717, 1.165) is 53.3 Å². The largest absolute Gasteiger partial charge is 0.370 e. The van der Waals surface area contributed by atoms with Gasteiger partial charge in [-0.1, -0.05) is 19.9 Å². The normalized spacial score (nSPS) is 11.5. The van der Waals surface area contributed by atoms with Crippen LogP contribution in [0.5, 0.6) is 0 Å². The number of fused-ring (bicyclic) bond motifs is 2. The van der Waals surface area contributed by atoms with E-state index < -0.39 is 0 Å². The lowest BCUT2D eigenvalue weighted by molar-refractivity contribution is 0.0945. The summed E-state index contributed by atoms with van der Waals surface area (Å²) >= 11 is 0. The fourth-order valence-corrected chi connectivity index (χ4v) is 3.69. The summed E-state index contributed by atoms with van der Waals surface area (Å²) in [6.45, 7) is 7.69. The molecule has 8 heteroatoms. The number of carbonyl (C=O) groups excluding carboxylic acids is 1. The minimum absolute atomic E-state index is 0.0838. The molecule has 1 aromatic carbocycles. The Morgan fingerprint density at radius 1 is 1.20 bits per heavy atom. The number of nitrogens with zero attached hydrogens (tertiary/aromatic N) is 4. The van der Waals surface area contributed by atoms with Gasteiger partial charge in [-0.3, -0.25) is 9.20 Å². The number of aromatic nitrogens is 4. The number of nitrogens with one attached hydrogen (secondary N) is 3. The van der Waals surface area contributed by atoms with Crippen molar-refractivity contribution in [3.05, 3.63) is 48.5 Å². The van der Waals surface area contributed by atoms with Crippen LogP contribution in [0.15, 0.2) is 42.9 Å². The van der Waals surface area contributed by atoms with Crippen molar-refractivity contribution in [2.75, 3.05) is 38.5 Å². The Labute approximate surface area is 175 Å². The molecule has 0 aliphatic heterocycles. The number of H-pyrrole nitrogens is 1. The third kappa shape index (κ3) is 3.73. The molecule has 8 nitrogen and oxygen atoms in total. The van der Waals surface area contributed by atoms with Gasteiger partial charge in [0.05, 0.1) is 11.9 Å². The first kappa shape index (κ1) is 19.9. The second-order valence-electron chi connectivity index (χ2n) is 7.13. The number of benzene rings is 1. The molecule has 0 saturated heterocycles. The van der Waals surface area contributed by atoms with Crippen LogP contribution in [-0.4, -0.2) is 63.4 Å². The maximum atomic E-state index is 12.5. The third-order valence-corrected chi connectivity index (χ3v) is 5.43. The number of imidazole rings is 1. The van der Waals surface area contributed by atoms with Crippen LogP contribution in [0.3, 0.4) is 0 Å². The molecule has 0 spiro atoms. The van der Waals surface area contributed by atoms with Crippen LogP contribution in [0.4, 0.5) is 5.82 Å². The maximum absolute atomic E-state index is 12.5. The topological polar surface area (TPSA) is 90.3 Å². The Morgan fingerprint density at radius 3 is 2.80 bits per heavy atom. The van der Waals surface area contributed by atoms with Crippen molar-refractivity contribution in [3.8, 4) is 11.3 Å². The molecule has 0 aliphatic rings. The molecule has 0 aliphatic carbocycles. The first-order chi connectivity index (χ1) is 14.6. The standard InChI is InChI=1S/C22H27N7O/c1-4-28(5-2)10-8-25-22(30)18-13-16-12-15(6-7-17(16)27-18)19-14-26-21-20(23-3)24-9-11-29(19)21/h6-7,9,11-14,27H,4-5,8,10H2,1-3H3,(H,23,24)(H,25,30). The Morgan fingerprint density at radius 2 is 2.03 bits per heavy atom. The first-order valence-corrected chi connectivity index (χ1v) is 10.3. The van der Waals surface area contributed by atoms with Crippen molar-refractivity contribution in [1.82, 2.24) is 29.6 Å². The van der Waals surface area contributed by atoms with E-state index in [2.05, 4.69) is 50.4 Å². The van der Waals surface area contributed by atoms with Crippen LogP contribution in [0, 0.1) is 0 Å². The van der Waals surface area contributed by atoms with E-state index in [9.17, 15) is 4.79 Å². The summed E-state index contributed by atoms with van der Waals surface area (Å²) in [5.41, 5.74) is 4.27. The molecule has 0 bridgehead atoms. The summed E-state index contributed by atoms with van der Waals surface area (Å²) < 4.78 is 2.01. The zero-order valence-electron chi connectivity index (χ0n) is 17.6. The molecular weight excluding hydrogens is 378 g/mol. The van der Waals surface area contributed by atoms with Gasteiger partial charge < -0.3 is 20.5 Å². The van der Waals surface area contributed by atoms with Gasteiger partial charge in [0.1, 0.15) is 5.69 Å². The van der Waals surface area contributed by atoms with E-state index in [0.29, 0.717) is 12.2 Å². The molecule has 30 heavy (non-hydrogen) atoms. The zero-order chi connectivity index (χ0) is 21.1. The molecule has 0 fully saturated rings. The summed E-state index contributed by atoms with van der Waals surface area (Å²) in [5.74, 6) is 0.648.